The van der Waals surface area contributed by atoms with Crippen molar-refractivity contribution in [3.05, 3.63) is 70.4 Å². The average molecular weight is 440 g/mol. The summed E-state index contributed by atoms with van der Waals surface area (Å²) in [7, 11) is 0. The molecule has 1 aromatic heterocycles. The van der Waals surface area contributed by atoms with Crippen LogP contribution >= 0.6 is 0 Å². The van der Waals surface area contributed by atoms with Gasteiger partial charge in [-0.25, -0.2) is 18.6 Å². The number of rotatable bonds is 6. The minimum atomic E-state index is -2.67. The summed E-state index contributed by atoms with van der Waals surface area (Å²) in [6.45, 7) is 4.88. The Labute approximate surface area is 185 Å². The second kappa shape index (κ2) is 9.20. The standard InChI is InChI=1S/C25H26F2N2O3/c1-14-10-18(15(2)28-21-8-4-3-7-17(21)25(30)31)20-12-19(16-6-5-9-32-13-16)23(24(26)27)29-22(20)11-14/h3-4,7-8,10-12,15-16,24,28H,5-6,9,13H2,1-2H3,(H,30,31)/t15-,16+/m0/s1. The fourth-order valence-corrected chi connectivity index (χ4v) is 4.43. The van der Waals surface area contributed by atoms with E-state index in [9.17, 15) is 18.7 Å². The number of carbonyl (C=O) groups is 1. The third-order valence-electron chi connectivity index (χ3n) is 5.97. The summed E-state index contributed by atoms with van der Waals surface area (Å²) in [6, 6.07) is 12.1. The number of nitrogens with zero attached hydrogens (tertiary/aromatic N) is 1. The van der Waals surface area contributed by atoms with Gasteiger partial charge in [0.25, 0.3) is 6.43 Å². The zero-order valence-electron chi connectivity index (χ0n) is 18.1. The molecule has 0 radical (unpaired) electrons. The van der Waals surface area contributed by atoms with E-state index in [1.807, 2.05) is 32.0 Å². The summed E-state index contributed by atoms with van der Waals surface area (Å²) in [4.78, 5) is 16.0. The third-order valence-corrected chi connectivity index (χ3v) is 5.97. The van der Waals surface area contributed by atoms with Crippen LogP contribution in [0.25, 0.3) is 10.9 Å². The molecule has 0 saturated carbocycles. The van der Waals surface area contributed by atoms with Crippen molar-refractivity contribution in [2.45, 2.75) is 45.1 Å². The Hall–Kier alpha value is -3.06. The highest BCUT2D eigenvalue weighted by atomic mass is 19.3. The summed E-state index contributed by atoms with van der Waals surface area (Å²) in [6.07, 6.45) is -1.05. The molecular formula is C25H26F2N2O3. The van der Waals surface area contributed by atoms with Crippen LogP contribution in [0.4, 0.5) is 14.5 Å². The monoisotopic (exact) mass is 440 g/mol. The summed E-state index contributed by atoms with van der Waals surface area (Å²) in [5.74, 6) is -1.13. The summed E-state index contributed by atoms with van der Waals surface area (Å²) in [5.41, 5.74) is 3.32. The Bertz CT molecular complexity index is 1140. The number of hydrogen-bond donors (Lipinski definition) is 2. The minimum absolute atomic E-state index is 0.116. The summed E-state index contributed by atoms with van der Waals surface area (Å²) < 4.78 is 33.4. The molecule has 0 bridgehead atoms. The molecular weight excluding hydrogens is 414 g/mol. The molecule has 0 amide bonds. The van der Waals surface area contributed by atoms with Gasteiger partial charge in [0.2, 0.25) is 0 Å². The lowest BCUT2D eigenvalue weighted by atomic mass is 9.89. The van der Waals surface area contributed by atoms with Gasteiger partial charge in [0, 0.05) is 29.6 Å². The number of carboxylic acid groups (broad SMARTS) is 1. The lowest BCUT2D eigenvalue weighted by molar-refractivity contribution is 0.0697. The highest BCUT2D eigenvalue weighted by Crippen LogP contribution is 2.37. The molecule has 3 aromatic rings. The normalized spacial score (nSPS) is 17.5. The number of alkyl halides is 2. The van der Waals surface area contributed by atoms with Gasteiger partial charge in [-0.05, 0) is 67.6 Å². The van der Waals surface area contributed by atoms with E-state index in [1.54, 1.807) is 24.3 Å². The van der Waals surface area contributed by atoms with Crippen LogP contribution in [0.3, 0.4) is 0 Å². The lowest BCUT2D eigenvalue weighted by Crippen LogP contribution is -2.18. The van der Waals surface area contributed by atoms with Gasteiger partial charge >= 0.3 is 5.97 Å². The molecule has 5 nitrogen and oxygen atoms in total. The van der Waals surface area contributed by atoms with Gasteiger partial charge in [-0.2, -0.15) is 0 Å². The molecule has 0 spiro atoms. The highest BCUT2D eigenvalue weighted by Gasteiger charge is 2.26. The zero-order valence-corrected chi connectivity index (χ0v) is 18.1. The average Bonchev–Trinajstić information content (AvgIpc) is 2.78. The number of anilines is 1. The molecule has 1 fully saturated rings. The maximum Gasteiger partial charge on any atom is 0.337 e. The fourth-order valence-electron chi connectivity index (χ4n) is 4.43. The van der Waals surface area contributed by atoms with E-state index in [2.05, 4.69) is 10.3 Å². The van der Waals surface area contributed by atoms with Crippen molar-refractivity contribution in [2.24, 2.45) is 0 Å². The number of hydrogen-bond acceptors (Lipinski definition) is 4. The largest absolute Gasteiger partial charge is 0.478 e. The molecule has 1 saturated heterocycles. The molecule has 2 N–H and O–H groups in total. The number of halogens is 2. The molecule has 32 heavy (non-hydrogen) atoms. The highest BCUT2D eigenvalue weighted by molar-refractivity contribution is 5.94. The van der Waals surface area contributed by atoms with E-state index in [1.165, 1.54) is 0 Å². The van der Waals surface area contributed by atoms with Crippen LogP contribution in [0.15, 0.2) is 42.5 Å². The number of aromatic nitrogens is 1. The molecule has 168 valence electrons. The minimum Gasteiger partial charge on any atom is -0.478 e. The van der Waals surface area contributed by atoms with Crippen LogP contribution in [0.2, 0.25) is 0 Å². The Morgan fingerprint density at radius 2 is 2.03 bits per heavy atom. The first kappa shape index (κ1) is 22.1. The summed E-state index contributed by atoms with van der Waals surface area (Å²) in [5, 5.41) is 13.6. The topological polar surface area (TPSA) is 71.5 Å². The first-order valence-corrected chi connectivity index (χ1v) is 10.7. The number of nitrogens with one attached hydrogen (secondary N) is 1. The van der Waals surface area contributed by atoms with Crippen LogP contribution in [0, 0.1) is 6.92 Å². The van der Waals surface area contributed by atoms with E-state index < -0.39 is 12.4 Å². The van der Waals surface area contributed by atoms with Crippen molar-refractivity contribution in [1.29, 1.82) is 0 Å². The quantitative estimate of drug-likeness (QED) is 0.474. The number of para-hydroxylation sites is 1. The van der Waals surface area contributed by atoms with Gasteiger partial charge < -0.3 is 15.2 Å². The first-order chi connectivity index (χ1) is 15.3. The van der Waals surface area contributed by atoms with Crippen LogP contribution in [0.5, 0.6) is 0 Å². The molecule has 0 aliphatic carbocycles. The van der Waals surface area contributed by atoms with Crippen LogP contribution in [0.1, 0.15) is 70.9 Å². The Morgan fingerprint density at radius 1 is 1.25 bits per heavy atom. The Morgan fingerprint density at radius 3 is 2.72 bits per heavy atom. The molecule has 1 aliphatic rings. The van der Waals surface area contributed by atoms with Crippen molar-refractivity contribution in [3.8, 4) is 0 Å². The molecule has 0 unspecified atom stereocenters. The predicted molar refractivity (Wildman–Crippen MR) is 120 cm³/mol. The number of aryl methyl sites for hydroxylation is 1. The van der Waals surface area contributed by atoms with Crippen LogP contribution < -0.4 is 5.32 Å². The van der Waals surface area contributed by atoms with Crippen molar-refractivity contribution < 1.29 is 23.4 Å². The van der Waals surface area contributed by atoms with Crippen molar-refractivity contribution in [2.75, 3.05) is 18.5 Å². The maximum atomic E-state index is 13.9. The van der Waals surface area contributed by atoms with Gasteiger partial charge in [0.1, 0.15) is 5.69 Å². The molecule has 2 aromatic carbocycles. The predicted octanol–water partition coefficient (Wildman–Crippen LogP) is 6.25. The van der Waals surface area contributed by atoms with E-state index >= 15 is 0 Å². The molecule has 7 heteroatoms. The van der Waals surface area contributed by atoms with Crippen molar-refractivity contribution >= 4 is 22.6 Å². The smallest absolute Gasteiger partial charge is 0.337 e. The van der Waals surface area contributed by atoms with Crippen molar-refractivity contribution in [1.82, 2.24) is 4.98 Å². The van der Waals surface area contributed by atoms with Gasteiger partial charge in [0.05, 0.1) is 17.7 Å². The van der Waals surface area contributed by atoms with E-state index in [0.29, 0.717) is 30.0 Å². The van der Waals surface area contributed by atoms with E-state index in [0.717, 1.165) is 29.4 Å². The molecule has 1 aliphatic heterocycles. The second-order valence-corrected chi connectivity index (χ2v) is 8.32. The number of pyridine rings is 1. The Balaban J connectivity index is 1.81. The maximum absolute atomic E-state index is 13.9. The fraction of sp³-hybridized carbons (Fsp3) is 0.360. The SMILES string of the molecule is Cc1cc([C@H](C)Nc2ccccc2C(=O)O)c2cc([C@@H]3CCCOC3)c(C(F)F)nc2c1. The van der Waals surface area contributed by atoms with Gasteiger partial charge in [-0.15, -0.1) is 0 Å². The number of ether oxygens (including phenoxy) is 1. The number of fused-ring (bicyclic) bond motifs is 1. The van der Waals surface area contributed by atoms with E-state index in [4.69, 9.17) is 4.74 Å². The molecule has 2 heterocycles. The number of aromatic carboxylic acids is 1. The molecule has 4 rings (SSSR count). The van der Waals surface area contributed by atoms with Gasteiger partial charge in [-0.1, -0.05) is 18.2 Å². The second-order valence-electron chi connectivity index (χ2n) is 8.32. The van der Waals surface area contributed by atoms with Crippen LogP contribution in [-0.4, -0.2) is 29.3 Å². The summed E-state index contributed by atoms with van der Waals surface area (Å²) >= 11 is 0. The first-order valence-electron chi connectivity index (χ1n) is 10.7. The lowest BCUT2D eigenvalue weighted by Gasteiger charge is -2.26. The third kappa shape index (κ3) is 4.43. The van der Waals surface area contributed by atoms with Gasteiger partial charge in [0.15, 0.2) is 0 Å². The molecule has 2 atom stereocenters. The van der Waals surface area contributed by atoms with E-state index in [-0.39, 0.29) is 23.2 Å². The van der Waals surface area contributed by atoms with Crippen molar-refractivity contribution in [3.63, 3.8) is 0 Å². The zero-order chi connectivity index (χ0) is 22.8. The number of benzene rings is 2. The van der Waals surface area contributed by atoms with Crippen LogP contribution in [-0.2, 0) is 4.74 Å². The number of carboxylic acids is 1. The Kier molecular flexibility index (Phi) is 6.37. The van der Waals surface area contributed by atoms with Gasteiger partial charge in [-0.3, -0.25) is 0 Å².